The second-order valence-electron chi connectivity index (χ2n) is 6.38. The normalized spacial score (nSPS) is 20.6. The Kier molecular flexibility index (Phi) is 5.10. The van der Waals surface area contributed by atoms with Gasteiger partial charge >= 0.3 is 6.18 Å². The molecule has 0 spiro atoms. The van der Waals surface area contributed by atoms with Gasteiger partial charge in [-0.25, -0.2) is 0 Å². The fourth-order valence-corrected chi connectivity index (χ4v) is 3.29. The molecule has 1 fully saturated rings. The summed E-state index contributed by atoms with van der Waals surface area (Å²) in [6, 6.07) is 5.16. The van der Waals surface area contributed by atoms with Gasteiger partial charge in [-0.15, -0.1) is 0 Å². The molecule has 136 valence electrons. The highest BCUT2D eigenvalue weighted by atomic mass is 19.4. The van der Waals surface area contributed by atoms with Gasteiger partial charge in [0.1, 0.15) is 0 Å². The summed E-state index contributed by atoms with van der Waals surface area (Å²) in [7, 11) is 0. The Morgan fingerprint density at radius 2 is 2.12 bits per heavy atom. The number of β-amino-alcohol motifs (C(OH)–C–C–N with tert-alkyl or cyclic N) is 1. The van der Waals surface area contributed by atoms with Gasteiger partial charge in [0.15, 0.2) is 5.82 Å². The van der Waals surface area contributed by atoms with E-state index in [0.29, 0.717) is 18.3 Å². The van der Waals surface area contributed by atoms with Crippen molar-refractivity contribution in [2.75, 3.05) is 19.6 Å². The highest BCUT2D eigenvalue weighted by molar-refractivity contribution is 5.31. The van der Waals surface area contributed by atoms with Crippen molar-refractivity contribution in [3.05, 3.63) is 47.1 Å². The van der Waals surface area contributed by atoms with Gasteiger partial charge in [-0.1, -0.05) is 23.4 Å². The van der Waals surface area contributed by atoms with Crippen molar-refractivity contribution in [2.45, 2.75) is 38.0 Å². The topological polar surface area (TPSA) is 62.4 Å². The summed E-state index contributed by atoms with van der Waals surface area (Å²) >= 11 is 0. The standard InChI is InChI=1S/C17H20F3N3O2/c1-11-21-16(25-22-11)12-5-4-8-23(9-12)10-15(24)13-6-2-3-7-14(13)17(18,19)20/h2-3,6-7,12,15,24H,4-5,8-10H2,1H3/t12-,15+/m0/s1. The molecule has 3 rings (SSSR count). The number of nitrogens with zero attached hydrogens (tertiary/aromatic N) is 3. The zero-order valence-corrected chi connectivity index (χ0v) is 13.8. The van der Waals surface area contributed by atoms with Crippen LogP contribution in [-0.2, 0) is 6.18 Å². The number of benzene rings is 1. The number of aliphatic hydroxyl groups excluding tert-OH is 1. The van der Waals surface area contributed by atoms with E-state index in [1.807, 2.05) is 4.90 Å². The summed E-state index contributed by atoms with van der Waals surface area (Å²) < 4.78 is 44.6. The second kappa shape index (κ2) is 7.13. The summed E-state index contributed by atoms with van der Waals surface area (Å²) in [6.07, 6.45) is -3.95. The van der Waals surface area contributed by atoms with Crippen LogP contribution in [0.2, 0.25) is 0 Å². The number of aromatic nitrogens is 2. The van der Waals surface area contributed by atoms with E-state index in [0.717, 1.165) is 25.5 Å². The minimum atomic E-state index is -4.48. The number of hydrogen-bond acceptors (Lipinski definition) is 5. The van der Waals surface area contributed by atoms with Crippen LogP contribution in [0.25, 0.3) is 0 Å². The molecule has 1 aliphatic heterocycles. The van der Waals surface area contributed by atoms with Crippen molar-refractivity contribution in [3.8, 4) is 0 Å². The Labute approximate surface area is 143 Å². The first-order valence-corrected chi connectivity index (χ1v) is 8.21. The first-order chi connectivity index (χ1) is 11.8. The molecule has 1 aromatic heterocycles. The zero-order valence-electron chi connectivity index (χ0n) is 13.8. The Bertz CT molecular complexity index is 717. The number of hydrogen-bond donors (Lipinski definition) is 1. The quantitative estimate of drug-likeness (QED) is 0.912. The number of alkyl halides is 3. The average molecular weight is 355 g/mol. The molecule has 2 atom stereocenters. The van der Waals surface area contributed by atoms with Gasteiger partial charge in [0, 0.05) is 13.1 Å². The van der Waals surface area contributed by atoms with Crippen LogP contribution in [0.15, 0.2) is 28.8 Å². The van der Waals surface area contributed by atoms with Crippen LogP contribution in [0.4, 0.5) is 13.2 Å². The molecule has 5 nitrogen and oxygen atoms in total. The molecule has 0 saturated carbocycles. The van der Waals surface area contributed by atoms with Crippen molar-refractivity contribution in [1.29, 1.82) is 0 Å². The maximum absolute atomic E-state index is 13.1. The molecule has 1 aromatic carbocycles. The molecular formula is C17H20F3N3O2. The second-order valence-corrected chi connectivity index (χ2v) is 6.38. The van der Waals surface area contributed by atoms with Gasteiger partial charge in [0.05, 0.1) is 17.6 Å². The van der Waals surface area contributed by atoms with E-state index >= 15 is 0 Å². The highest BCUT2D eigenvalue weighted by Crippen LogP contribution is 2.35. The third kappa shape index (κ3) is 4.19. The number of rotatable bonds is 4. The van der Waals surface area contributed by atoms with Crippen LogP contribution in [0.1, 0.15) is 47.7 Å². The molecular weight excluding hydrogens is 335 g/mol. The lowest BCUT2D eigenvalue weighted by Gasteiger charge is -2.32. The van der Waals surface area contributed by atoms with Crippen molar-refractivity contribution in [2.24, 2.45) is 0 Å². The first-order valence-electron chi connectivity index (χ1n) is 8.21. The Balaban J connectivity index is 1.70. The molecule has 0 bridgehead atoms. The lowest BCUT2D eigenvalue weighted by Crippen LogP contribution is -2.37. The van der Waals surface area contributed by atoms with Crippen molar-refractivity contribution < 1.29 is 22.8 Å². The monoisotopic (exact) mass is 355 g/mol. The smallest absolute Gasteiger partial charge is 0.387 e. The summed E-state index contributed by atoms with van der Waals surface area (Å²) in [5.74, 6) is 1.15. The van der Waals surface area contributed by atoms with Crippen LogP contribution < -0.4 is 0 Å². The summed E-state index contributed by atoms with van der Waals surface area (Å²) in [5.41, 5.74) is -0.880. The molecule has 0 radical (unpaired) electrons. The van der Waals surface area contributed by atoms with Crippen molar-refractivity contribution in [3.63, 3.8) is 0 Å². The lowest BCUT2D eigenvalue weighted by molar-refractivity contribution is -0.139. The van der Waals surface area contributed by atoms with Crippen LogP contribution in [-0.4, -0.2) is 39.8 Å². The van der Waals surface area contributed by atoms with Gasteiger partial charge < -0.3 is 9.63 Å². The lowest BCUT2D eigenvalue weighted by atomic mass is 9.96. The number of halogens is 3. The molecule has 2 heterocycles. The number of aryl methyl sites for hydroxylation is 1. The molecule has 8 heteroatoms. The van der Waals surface area contributed by atoms with Gasteiger partial charge in [0.25, 0.3) is 0 Å². The molecule has 0 amide bonds. The summed E-state index contributed by atoms with van der Waals surface area (Å²) in [4.78, 5) is 6.19. The average Bonchev–Trinajstić information content (AvgIpc) is 3.01. The fraction of sp³-hybridized carbons (Fsp3) is 0.529. The number of piperidine rings is 1. The Morgan fingerprint density at radius 3 is 2.80 bits per heavy atom. The molecule has 25 heavy (non-hydrogen) atoms. The highest BCUT2D eigenvalue weighted by Gasteiger charge is 2.35. The van der Waals surface area contributed by atoms with Crippen LogP contribution in [0.5, 0.6) is 0 Å². The summed E-state index contributed by atoms with van der Waals surface area (Å²) in [6.45, 7) is 3.17. The van der Waals surface area contributed by atoms with Crippen molar-refractivity contribution in [1.82, 2.24) is 15.0 Å². The molecule has 2 aromatic rings. The molecule has 0 unspecified atom stereocenters. The Morgan fingerprint density at radius 1 is 1.36 bits per heavy atom. The first kappa shape index (κ1) is 17.9. The zero-order chi connectivity index (χ0) is 18.0. The van der Waals surface area contributed by atoms with Crippen LogP contribution in [0.3, 0.4) is 0 Å². The van der Waals surface area contributed by atoms with Gasteiger partial charge in [0.2, 0.25) is 5.89 Å². The van der Waals surface area contributed by atoms with E-state index < -0.39 is 17.8 Å². The van der Waals surface area contributed by atoms with E-state index in [1.54, 1.807) is 6.92 Å². The minimum absolute atomic E-state index is 0.0417. The van der Waals surface area contributed by atoms with E-state index in [9.17, 15) is 18.3 Å². The maximum atomic E-state index is 13.1. The van der Waals surface area contributed by atoms with Crippen LogP contribution >= 0.6 is 0 Å². The fourth-order valence-electron chi connectivity index (χ4n) is 3.29. The van der Waals surface area contributed by atoms with E-state index in [4.69, 9.17) is 4.52 Å². The van der Waals surface area contributed by atoms with Gasteiger partial charge in [-0.3, -0.25) is 4.90 Å². The summed E-state index contributed by atoms with van der Waals surface area (Å²) in [5, 5.41) is 14.2. The number of aliphatic hydroxyl groups is 1. The van der Waals surface area contributed by atoms with Crippen molar-refractivity contribution >= 4 is 0 Å². The number of likely N-dealkylation sites (tertiary alicyclic amines) is 1. The van der Waals surface area contributed by atoms with Gasteiger partial charge in [-0.2, -0.15) is 18.2 Å². The van der Waals surface area contributed by atoms with Gasteiger partial charge in [-0.05, 0) is 37.9 Å². The largest absolute Gasteiger partial charge is 0.416 e. The molecule has 0 aliphatic carbocycles. The third-order valence-electron chi connectivity index (χ3n) is 4.45. The molecule has 1 N–H and O–H groups in total. The predicted octanol–water partition coefficient (Wildman–Crippen LogP) is 3.31. The van der Waals surface area contributed by atoms with E-state index in [-0.39, 0.29) is 18.0 Å². The van der Waals surface area contributed by atoms with Crippen LogP contribution in [0, 0.1) is 6.92 Å². The predicted molar refractivity (Wildman–Crippen MR) is 83.9 cm³/mol. The maximum Gasteiger partial charge on any atom is 0.416 e. The van der Waals surface area contributed by atoms with E-state index in [2.05, 4.69) is 10.1 Å². The SMILES string of the molecule is Cc1noc([C@H]2CCCN(C[C@@H](O)c3ccccc3C(F)(F)F)C2)n1. The Hall–Kier alpha value is -1.93. The minimum Gasteiger partial charge on any atom is -0.387 e. The van der Waals surface area contributed by atoms with E-state index in [1.165, 1.54) is 18.2 Å². The molecule has 1 saturated heterocycles. The molecule has 1 aliphatic rings. The third-order valence-corrected chi connectivity index (χ3v) is 4.45.